The van der Waals surface area contributed by atoms with Gasteiger partial charge in [0.15, 0.2) is 0 Å². The second-order valence-electron chi connectivity index (χ2n) is 3.39. The number of aryl methyl sites for hydroxylation is 1. The maximum atomic E-state index is 10.7. The maximum absolute atomic E-state index is 10.7. The van der Waals surface area contributed by atoms with Gasteiger partial charge in [0.25, 0.3) is 0 Å². The molecular formula is C11H16O3S. The Bertz CT molecular complexity index is 331. The maximum Gasteiger partial charge on any atom is 0.339 e. The minimum absolute atomic E-state index is 0.279. The molecule has 0 spiro atoms. The highest BCUT2D eigenvalue weighted by atomic mass is 32.2. The van der Waals surface area contributed by atoms with E-state index in [0.717, 1.165) is 17.3 Å². The Morgan fingerprint density at radius 3 is 2.87 bits per heavy atom. The predicted octanol–water partition coefficient (Wildman–Crippen LogP) is 3.32. The number of aromatic carboxylic acids is 1. The summed E-state index contributed by atoms with van der Waals surface area (Å²) < 4.78 is 5.35. The fourth-order valence-electron chi connectivity index (χ4n) is 1.25. The molecule has 0 unspecified atom stereocenters. The Balaban J connectivity index is 2.48. The fraction of sp³-hybridized carbons (Fsp3) is 0.545. The van der Waals surface area contributed by atoms with Crippen LogP contribution < -0.4 is 0 Å². The highest BCUT2D eigenvalue weighted by Gasteiger charge is 2.13. The summed E-state index contributed by atoms with van der Waals surface area (Å²) in [7, 11) is 0. The third-order valence-corrected chi connectivity index (χ3v) is 3.15. The molecular weight excluding hydrogens is 212 g/mol. The number of hydrogen-bond acceptors (Lipinski definition) is 3. The molecule has 0 bridgehead atoms. The number of carboxylic acids is 1. The molecule has 1 aromatic heterocycles. The lowest BCUT2D eigenvalue weighted by molar-refractivity contribution is 0.0695. The van der Waals surface area contributed by atoms with Crippen molar-refractivity contribution in [2.45, 2.75) is 32.4 Å². The lowest BCUT2D eigenvalue weighted by Crippen LogP contribution is -1.94. The van der Waals surface area contributed by atoms with Gasteiger partial charge in [0, 0.05) is 0 Å². The van der Waals surface area contributed by atoms with E-state index in [1.807, 2.05) is 0 Å². The van der Waals surface area contributed by atoms with Crippen LogP contribution in [0.2, 0.25) is 0 Å². The zero-order valence-corrected chi connectivity index (χ0v) is 9.89. The van der Waals surface area contributed by atoms with Gasteiger partial charge in [0.2, 0.25) is 0 Å². The number of carboxylic acid groups (broad SMARTS) is 1. The molecule has 15 heavy (non-hydrogen) atoms. The molecule has 1 heterocycles. The van der Waals surface area contributed by atoms with Gasteiger partial charge in [-0.3, -0.25) is 0 Å². The highest BCUT2D eigenvalue weighted by molar-refractivity contribution is 7.98. The van der Waals surface area contributed by atoms with E-state index in [1.54, 1.807) is 24.8 Å². The molecule has 1 N–H and O–H groups in total. The van der Waals surface area contributed by atoms with E-state index >= 15 is 0 Å². The quantitative estimate of drug-likeness (QED) is 0.759. The molecule has 0 fully saturated rings. The SMILES string of the molecule is CCCCSCc1cc(C(=O)O)c(C)o1. The Morgan fingerprint density at radius 1 is 1.60 bits per heavy atom. The molecule has 0 aliphatic rings. The van der Waals surface area contributed by atoms with E-state index in [9.17, 15) is 4.79 Å². The van der Waals surface area contributed by atoms with Gasteiger partial charge in [-0.25, -0.2) is 4.79 Å². The van der Waals surface area contributed by atoms with E-state index in [1.165, 1.54) is 12.8 Å². The van der Waals surface area contributed by atoms with Crippen LogP contribution in [0, 0.1) is 6.92 Å². The van der Waals surface area contributed by atoms with Crippen LogP contribution in [0.4, 0.5) is 0 Å². The molecule has 1 aromatic rings. The third kappa shape index (κ3) is 3.63. The van der Waals surface area contributed by atoms with Crippen LogP contribution >= 0.6 is 11.8 Å². The molecule has 0 amide bonds. The molecule has 0 aliphatic heterocycles. The van der Waals surface area contributed by atoms with Gasteiger partial charge >= 0.3 is 5.97 Å². The van der Waals surface area contributed by atoms with Crippen LogP contribution in [0.25, 0.3) is 0 Å². The summed E-state index contributed by atoms with van der Waals surface area (Å²) in [6.45, 7) is 3.84. The van der Waals surface area contributed by atoms with Crippen molar-refractivity contribution in [2.24, 2.45) is 0 Å². The lowest BCUT2D eigenvalue weighted by Gasteiger charge is -1.96. The average Bonchev–Trinajstić information content (AvgIpc) is 2.55. The summed E-state index contributed by atoms with van der Waals surface area (Å²) in [5.41, 5.74) is 0.279. The summed E-state index contributed by atoms with van der Waals surface area (Å²) in [5, 5.41) is 8.82. The van der Waals surface area contributed by atoms with Crippen molar-refractivity contribution >= 4 is 17.7 Å². The van der Waals surface area contributed by atoms with Crippen LogP contribution in [0.5, 0.6) is 0 Å². The second-order valence-corrected chi connectivity index (χ2v) is 4.50. The molecule has 84 valence electrons. The Kier molecular flexibility index (Phi) is 4.75. The Hall–Kier alpha value is -0.900. The number of hydrogen-bond donors (Lipinski definition) is 1. The summed E-state index contributed by atoms with van der Waals surface area (Å²) in [5.74, 6) is 2.19. The molecule has 0 aliphatic carbocycles. The predicted molar refractivity (Wildman–Crippen MR) is 61.5 cm³/mol. The largest absolute Gasteiger partial charge is 0.478 e. The average molecular weight is 228 g/mol. The first-order valence-corrected chi connectivity index (χ1v) is 6.21. The van der Waals surface area contributed by atoms with Gasteiger partial charge in [-0.1, -0.05) is 13.3 Å². The molecule has 1 rings (SSSR count). The van der Waals surface area contributed by atoms with Gasteiger partial charge in [0.05, 0.1) is 5.75 Å². The van der Waals surface area contributed by atoms with Gasteiger partial charge in [0.1, 0.15) is 17.1 Å². The molecule has 0 atom stereocenters. The van der Waals surface area contributed by atoms with Crippen molar-refractivity contribution < 1.29 is 14.3 Å². The summed E-state index contributed by atoms with van der Waals surface area (Å²) >= 11 is 1.78. The van der Waals surface area contributed by atoms with E-state index in [0.29, 0.717) is 5.76 Å². The number of thioether (sulfide) groups is 1. The van der Waals surface area contributed by atoms with E-state index in [-0.39, 0.29) is 5.56 Å². The van der Waals surface area contributed by atoms with Crippen molar-refractivity contribution in [3.8, 4) is 0 Å². The minimum Gasteiger partial charge on any atom is -0.478 e. The summed E-state index contributed by atoms with van der Waals surface area (Å²) in [6.07, 6.45) is 2.38. The van der Waals surface area contributed by atoms with Crippen molar-refractivity contribution in [3.05, 3.63) is 23.2 Å². The molecule has 4 heteroatoms. The van der Waals surface area contributed by atoms with Crippen molar-refractivity contribution in [1.82, 2.24) is 0 Å². The Morgan fingerprint density at radius 2 is 2.33 bits per heavy atom. The van der Waals surface area contributed by atoms with Gasteiger partial charge < -0.3 is 9.52 Å². The zero-order chi connectivity index (χ0) is 11.3. The van der Waals surface area contributed by atoms with Gasteiger partial charge in [-0.05, 0) is 25.2 Å². The first kappa shape index (κ1) is 12.2. The number of carbonyl (C=O) groups is 1. The van der Waals surface area contributed by atoms with E-state index < -0.39 is 5.97 Å². The van der Waals surface area contributed by atoms with Crippen LogP contribution in [0.1, 0.15) is 41.6 Å². The minimum atomic E-state index is -0.916. The molecule has 0 radical (unpaired) electrons. The highest BCUT2D eigenvalue weighted by Crippen LogP contribution is 2.20. The topological polar surface area (TPSA) is 50.4 Å². The first-order valence-electron chi connectivity index (χ1n) is 5.05. The van der Waals surface area contributed by atoms with Crippen molar-refractivity contribution in [3.63, 3.8) is 0 Å². The number of unbranched alkanes of at least 4 members (excludes halogenated alkanes) is 1. The lowest BCUT2D eigenvalue weighted by atomic mass is 10.2. The fourth-order valence-corrected chi connectivity index (χ4v) is 2.23. The smallest absolute Gasteiger partial charge is 0.339 e. The Labute approximate surface area is 93.9 Å². The van der Waals surface area contributed by atoms with Crippen LogP contribution in [0.3, 0.4) is 0 Å². The van der Waals surface area contributed by atoms with E-state index in [4.69, 9.17) is 9.52 Å². The summed E-state index contributed by atoms with van der Waals surface area (Å²) in [4.78, 5) is 10.7. The van der Waals surface area contributed by atoms with Crippen LogP contribution in [-0.2, 0) is 5.75 Å². The first-order chi connectivity index (χ1) is 7.15. The van der Waals surface area contributed by atoms with Crippen molar-refractivity contribution in [1.29, 1.82) is 0 Å². The van der Waals surface area contributed by atoms with Crippen LogP contribution in [0.15, 0.2) is 10.5 Å². The second kappa shape index (κ2) is 5.85. The third-order valence-electron chi connectivity index (χ3n) is 2.09. The molecule has 0 saturated carbocycles. The molecule has 0 aromatic carbocycles. The summed E-state index contributed by atoms with van der Waals surface area (Å²) in [6, 6.07) is 1.62. The monoisotopic (exact) mass is 228 g/mol. The molecule has 3 nitrogen and oxygen atoms in total. The number of rotatable bonds is 6. The van der Waals surface area contributed by atoms with Gasteiger partial charge in [-0.2, -0.15) is 11.8 Å². The molecule has 0 saturated heterocycles. The normalized spacial score (nSPS) is 10.5. The number of furan rings is 1. The van der Waals surface area contributed by atoms with Crippen LogP contribution in [-0.4, -0.2) is 16.8 Å². The van der Waals surface area contributed by atoms with Crippen molar-refractivity contribution in [2.75, 3.05) is 5.75 Å². The zero-order valence-electron chi connectivity index (χ0n) is 9.08. The standard InChI is InChI=1S/C11H16O3S/c1-3-4-5-15-7-9-6-10(11(12)13)8(2)14-9/h6H,3-5,7H2,1-2H3,(H,12,13). The van der Waals surface area contributed by atoms with Gasteiger partial charge in [-0.15, -0.1) is 0 Å². The van der Waals surface area contributed by atoms with E-state index in [2.05, 4.69) is 6.92 Å².